The summed E-state index contributed by atoms with van der Waals surface area (Å²) in [5.41, 5.74) is 11.2. The summed E-state index contributed by atoms with van der Waals surface area (Å²) in [5.74, 6) is 0.397. The van der Waals surface area contributed by atoms with E-state index in [9.17, 15) is 4.79 Å². The molecule has 6 heteroatoms. The van der Waals surface area contributed by atoms with Crippen molar-refractivity contribution in [3.63, 3.8) is 0 Å². The van der Waals surface area contributed by atoms with Crippen LogP contribution in [0.15, 0.2) is 18.2 Å². The number of amides is 1. The van der Waals surface area contributed by atoms with Gasteiger partial charge in [-0.1, -0.05) is 11.3 Å². The van der Waals surface area contributed by atoms with Gasteiger partial charge in [0.05, 0.1) is 10.2 Å². The first-order chi connectivity index (χ1) is 6.65. The number of nitrogens with zero attached hydrogens (tertiary/aromatic N) is 1. The van der Waals surface area contributed by atoms with E-state index in [1.807, 2.05) is 0 Å². The van der Waals surface area contributed by atoms with E-state index in [1.54, 1.807) is 18.2 Å². The first-order valence-electron chi connectivity index (χ1n) is 3.78. The molecule has 0 spiro atoms. The molecule has 4 N–H and O–H groups in total. The molecule has 1 heterocycles. The number of ether oxygens (including phenoxy) is 1. The summed E-state index contributed by atoms with van der Waals surface area (Å²) in [5, 5.41) is 0.483. The van der Waals surface area contributed by atoms with E-state index in [-0.39, 0.29) is 0 Å². The number of hydrogen-bond acceptors (Lipinski definition) is 5. The summed E-state index contributed by atoms with van der Waals surface area (Å²) in [6.45, 7) is 0. The van der Waals surface area contributed by atoms with Gasteiger partial charge >= 0.3 is 6.09 Å². The second-order valence-corrected chi connectivity index (χ2v) is 3.66. The van der Waals surface area contributed by atoms with E-state index in [1.165, 1.54) is 11.3 Å². The maximum atomic E-state index is 10.5. The van der Waals surface area contributed by atoms with Crippen molar-refractivity contribution < 1.29 is 9.53 Å². The van der Waals surface area contributed by atoms with Crippen molar-refractivity contribution in [3.8, 4) is 5.75 Å². The minimum absolute atomic E-state index is 0.397. The number of hydrogen-bond donors (Lipinski definition) is 2. The Morgan fingerprint density at radius 2 is 2.29 bits per heavy atom. The number of anilines is 1. The first kappa shape index (κ1) is 8.76. The number of primary amides is 1. The number of carbonyl (C=O) groups is 1. The Morgan fingerprint density at radius 3 is 3.00 bits per heavy atom. The maximum Gasteiger partial charge on any atom is 0.409 e. The Labute approximate surface area is 83.3 Å². The van der Waals surface area contributed by atoms with Crippen molar-refractivity contribution in [2.24, 2.45) is 5.73 Å². The number of aromatic nitrogens is 1. The largest absolute Gasteiger partial charge is 0.410 e. The monoisotopic (exact) mass is 209 g/mol. The molecule has 2 aromatic rings. The quantitative estimate of drug-likeness (QED) is 0.741. The SMILES string of the molecule is NC(=O)Oc1ccc2nc(N)sc2c1. The van der Waals surface area contributed by atoms with Gasteiger partial charge in [-0.3, -0.25) is 0 Å². The topological polar surface area (TPSA) is 91.2 Å². The van der Waals surface area contributed by atoms with Crippen LogP contribution in [0.5, 0.6) is 5.75 Å². The normalized spacial score (nSPS) is 10.3. The zero-order valence-electron chi connectivity index (χ0n) is 7.06. The molecule has 5 nitrogen and oxygen atoms in total. The van der Waals surface area contributed by atoms with Crippen LogP contribution in [-0.2, 0) is 0 Å². The van der Waals surface area contributed by atoms with Crippen LogP contribution in [0.25, 0.3) is 10.2 Å². The molecular weight excluding hydrogens is 202 g/mol. The molecule has 0 radical (unpaired) electrons. The van der Waals surface area contributed by atoms with E-state index in [0.29, 0.717) is 10.9 Å². The van der Waals surface area contributed by atoms with Gasteiger partial charge in [-0.2, -0.15) is 0 Å². The third-order valence-corrected chi connectivity index (χ3v) is 2.44. The highest BCUT2D eigenvalue weighted by molar-refractivity contribution is 7.22. The second-order valence-electron chi connectivity index (χ2n) is 2.60. The lowest BCUT2D eigenvalue weighted by atomic mass is 10.3. The lowest BCUT2D eigenvalue weighted by Gasteiger charge is -1.98. The number of thiazole rings is 1. The van der Waals surface area contributed by atoms with Crippen LogP contribution in [0.3, 0.4) is 0 Å². The number of nitrogens with two attached hydrogens (primary N) is 2. The summed E-state index contributed by atoms with van der Waals surface area (Å²) < 4.78 is 5.57. The first-order valence-corrected chi connectivity index (χ1v) is 4.60. The Morgan fingerprint density at radius 1 is 1.50 bits per heavy atom. The molecule has 0 bridgehead atoms. The van der Waals surface area contributed by atoms with Crippen molar-refractivity contribution in [2.75, 3.05) is 5.73 Å². The minimum Gasteiger partial charge on any atom is -0.410 e. The van der Waals surface area contributed by atoms with Crippen LogP contribution >= 0.6 is 11.3 Å². The van der Waals surface area contributed by atoms with Crippen LogP contribution in [0.1, 0.15) is 0 Å². The van der Waals surface area contributed by atoms with Crippen LogP contribution in [0, 0.1) is 0 Å². The van der Waals surface area contributed by atoms with Gasteiger partial charge in [-0.25, -0.2) is 9.78 Å². The average Bonchev–Trinajstić information content (AvgIpc) is 2.42. The van der Waals surface area contributed by atoms with Crippen molar-refractivity contribution in [1.29, 1.82) is 0 Å². The number of fused-ring (bicyclic) bond motifs is 1. The number of nitrogen functional groups attached to an aromatic ring is 1. The Balaban J connectivity index is 2.45. The summed E-state index contributed by atoms with van der Waals surface area (Å²) >= 11 is 1.33. The molecule has 1 aromatic heterocycles. The number of carbonyl (C=O) groups excluding carboxylic acids is 1. The molecule has 0 unspecified atom stereocenters. The van der Waals surface area contributed by atoms with E-state index < -0.39 is 6.09 Å². The average molecular weight is 209 g/mol. The van der Waals surface area contributed by atoms with Crippen LogP contribution in [-0.4, -0.2) is 11.1 Å². The van der Waals surface area contributed by atoms with Gasteiger partial charge in [0.25, 0.3) is 0 Å². The molecule has 0 fully saturated rings. The van der Waals surface area contributed by atoms with E-state index in [0.717, 1.165) is 10.2 Å². The molecule has 0 atom stereocenters. The lowest BCUT2D eigenvalue weighted by Crippen LogP contribution is -2.16. The summed E-state index contributed by atoms with van der Waals surface area (Å²) in [6.07, 6.45) is -0.832. The fourth-order valence-corrected chi connectivity index (χ4v) is 1.87. The molecule has 1 amide bonds. The molecule has 0 aliphatic rings. The molecule has 1 aromatic carbocycles. The van der Waals surface area contributed by atoms with Crippen molar-refractivity contribution in [3.05, 3.63) is 18.2 Å². The van der Waals surface area contributed by atoms with Gasteiger partial charge < -0.3 is 16.2 Å². The van der Waals surface area contributed by atoms with Gasteiger partial charge in [0, 0.05) is 6.07 Å². The highest BCUT2D eigenvalue weighted by atomic mass is 32.1. The van der Waals surface area contributed by atoms with E-state index >= 15 is 0 Å². The predicted octanol–water partition coefficient (Wildman–Crippen LogP) is 1.34. The van der Waals surface area contributed by atoms with Crippen LogP contribution in [0.4, 0.5) is 9.93 Å². The number of benzene rings is 1. The van der Waals surface area contributed by atoms with Gasteiger partial charge in [-0.15, -0.1) is 0 Å². The fraction of sp³-hybridized carbons (Fsp3) is 0. The molecule has 2 rings (SSSR count). The van der Waals surface area contributed by atoms with Gasteiger partial charge in [0.1, 0.15) is 5.75 Å². The highest BCUT2D eigenvalue weighted by Crippen LogP contribution is 2.27. The van der Waals surface area contributed by atoms with Crippen LogP contribution < -0.4 is 16.2 Å². The highest BCUT2D eigenvalue weighted by Gasteiger charge is 2.04. The van der Waals surface area contributed by atoms with E-state index in [4.69, 9.17) is 16.2 Å². The van der Waals surface area contributed by atoms with E-state index in [2.05, 4.69) is 4.98 Å². The molecule has 0 saturated carbocycles. The predicted molar refractivity (Wildman–Crippen MR) is 54.2 cm³/mol. The Kier molecular flexibility index (Phi) is 1.97. The molecule has 0 aliphatic heterocycles. The zero-order valence-corrected chi connectivity index (χ0v) is 7.88. The molecule has 0 aliphatic carbocycles. The van der Waals surface area contributed by atoms with Crippen molar-refractivity contribution in [2.45, 2.75) is 0 Å². The molecular formula is C8H7N3O2S. The summed E-state index contributed by atoms with van der Waals surface area (Å²) in [7, 11) is 0. The minimum atomic E-state index is -0.832. The smallest absolute Gasteiger partial charge is 0.409 e. The third kappa shape index (κ3) is 1.60. The van der Waals surface area contributed by atoms with Gasteiger partial charge in [-0.05, 0) is 12.1 Å². The van der Waals surface area contributed by atoms with Crippen molar-refractivity contribution in [1.82, 2.24) is 4.98 Å². The standard InChI is InChI=1S/C8H7N3O2S/c9-7-11-5-2-1-4(13-8(10)12)3-6(5)14-7/h1-3H,(H2,9,11)(H2,10,12). The third-order valence-electron chi connectivity index (χ3n) is 1.59. The summed E-state index contributed by atoms with van der Waals surface area (Å²) in [4.78, 5) is 14.5. The van der Waals surface area contributed by atoms with Crippen molar-refractivity contribution >= 4 is 32.8 Å². The molecule has 0 saturated heterocycles. The fourth-order valence-electron chi connectivity index (χ4n) is 1.10. The Bertz CT molecular complexity index is 494. The van der Waals surface area contributed by atoms with Crippen LogP contribution in [0.2, 0.25) is 0 Å². The van der Waals surface area contributed by atoms with Gasteiger partial charge in [0.15, 0.2) is 5.13 Å². The molecule has 72 valence electrons. The zero-order chi connectivity index (χ0) is 10.1. The summed E-state index contributed by atoms with van der Waals surface area (Å²) in [6, 6.07) is 5.01. The maximum absolute atomic E-state index is 10.5. The Hall–Kier alpha value is -1.82. The van der Waals surface area contributed by atoms with Gasteiger partial charge in [0.2, 0.25) is 0 Å². The molecule has 14 heavy (non-hydrogen) atoms. The lowest BCUT2D eigenvalue weighted by molar-refractivity contribution is 0.211. The second kappa shape index (κ2) is 3.15. The number of rotatable bonds is 1.